The van der Waals surface area contributed by atoms with E-state index in [2.05, 4.69) is 46.8 Å². The molecule has 1 heterocycles. The fourth-order valence-corrected chi connectivity index (χ4v) is 3.03. The van der Waals surface area contributed by atoms with Crippen LogP contribution in [0.3, 0.4) is 0 Å². The minimum absolute atomic E-state index is 0.146. The van der Waals surface area contributed by atoms with Crippen LogP contribution in [-0.4, -0.2) is 26.1 Å². The van der Waals surface area contributed by atoms with E-state index in [4.69, 9.17) is 0 Å². The van der Waals surface area contributed by atoms with Gasteiger partial charge in [-0.1, -0.05) is 18.2 Å². The van der Waals surface area contributed by atoms with Crippen LogP contribution in [0, 0.1) is 0 Å². The number of aromatic hydroxyl groups is 1. The van der Waals surface area contributed by atoms with E-state index in [-0.39, 0.29) is 5.75 Å². The molecule has 4 rings (SSSR count). The van der Waals surface area contributed by atoms with E-state index < -0.39 is 0 Å². The van der Waals surface area contributed by atoms with Crippen LogP contribution in [0.15, 0.2) is 66.7 Å². The lowest BCUT2D eigenvalue weighted by Crippen LogP contribution is -2.09. The van der Waals surface area contributed by atoms with Gasteiger partial charge >= 0.3 is 0 Å². The fraction of sp³-hybridized carbons (Fsp3) is 0.182. The number of hydrogen-bond acceptors (Lipinski definition) is 5. The number of fused-ring (bicyclic) bond motifs is 1. The molecule has 0 spiro atoms. The second-order valence-corrected chi connectivity index (χ2v) is 7.03. The Hall–Kier alpha value is -3.54. The number of nitrogens with zero attached hydrogens (tertiary/aromatic N) is 3. The van der Waals surface area contributed by atoms with Crippen molar-refractivity contribution >= 4 is 22.4 Å². The van der Waals surface area contributed by atoms with Gasteiger partial charge in [-0.3, -0.25) is 0 Å². The molecule has 1 aromatic heterocycles. The highest BCUT2D eigenvalue weighted by atomic mass is 16.3. The van der Waals surface area contributed by atoms with Gasteiger partial charge < -0.3 is 15.7 Å². The molecule has 4 aromatic rings. The first kappa shape index (κ1) is 17.9. The number of aromatic nitrogens is 3. The van der Waals surface area contributed by atoms with Crippen molar-refractivity contribution in [1.29, 1.82) is 0 Å². The largest absolute Gasteiger partial charge is 0.506 e. The van der Waals surface area contributed by atoms with E-state index in [1.165, 1.54) is 4.80 Å². The van der Waals surface area contributed by atoms with Gasteiger partial charge in [-0.25, -0.2) is 0 Å². The van der Waals surface area contributed by atoms with E-state index in [0.717, 1.165) is 28.0 Å². The number of anilines is 2. The second kappa shape index (κ2) is 7.60. The lowest BCUT2D eigenvalue weighted by Gasteiger charge is -2.12. The van der Waals surface area contributed by atoms with Gasteiger partial charge in [-0.2, -0.15) is 0 Å². The molecule has 3 N–H and O–H groups in total. The third kappa shape index (κ3) is 3.91. The average molecular weight is 373 g/mol. The zero-order valence-corrected chi connectivity index (χ0v) is 15.9. The Balaban J connectivity index is 1.51. The van der Waals surface area contributed by atoms with Crippen molar-refractivity contribution in [3.05, 3.63) is 72.3 Å². The van der Waals surface area contributed by atoms with E-state index in [9.17, 15) is 5.11 Å². The molecular weight excluding hydrogens is 350 g/mol. The molecule has 6 nitrogen and oxygen atoms in total. The van der Waals surface area contributed by atoms with Gasteiger partial charge in [0.1, 0.15) is 22.5 Å². The summed E-state index contributed by atoms with van der Waals surface area (Å²) >= 11 is 0. The van der Waals surface area contributed by atoms with Gasteiger partial charge in [-0.05, 0) is 67.9 Å². The van der Waals surface area contributed by atoms with Crippen molar-refractivity contribution in [2.24, 2.45) is 0 Å². The van der Waals surface area contributed by atoms with Crippen LogP contribution < -0.4 is 10.6 Å². The number of hydrogen-bond donors (Lipinski definition) is 3. The summed E-state index contributed by atoms with van der Waals surface area (Å²) in [6.45, 7) is 4.86. The second-order valence-electron chi connectivity index (χ2n) is 7.03. The summed E-state index contributed by atoms with van der Waals surface area (Å²) in [7, 11) is 0. The zero-order valence-electron chi connectivity index (χ0n) is 15.9. The maximum Gasteiger partial charge on any atom is 0.143 e. The van der Waals surface area contributed by atoms with Crippen LogP contribution in [0.2, 0.25) is 0 Å². The van der Waals surface area contributed by atoms with Gasteiger partial charge in [0, 0.05) is 24.0 Å². The molecular formula is C22H23N5O. The minimum atomic E-state index is 0.146. The highest BCUT2D eigenvalue weighted by Gasteiger charge is 2.09. The van der Waals surface area contributed by atoms with Crippen LogP contribution in [0.5, 0.6) is 5.75 Å². The molecule has 0 fully saturated rings. The van der Waals surface area contributed by atoms with Crippen LogP contribution in [0.1, 0.15) is 19.4 Å². The predicted octanol–water partition coefficient (Wildman–Crippen LogP) is 4.56. The summed E-state index contributed by atoms with van der Waals surface area (Å²) in [6.07, 6.45) is 0. The van der Waals surface area contributed by atoms with Gasteiger partial charge in [0.05, 0.1) is 0 Å². The van der Waals surface area contributed by atoms with Gasteiger partial charge in [0.15, 0.2) is 0 Å². The quantitative estimate of drug-likeness (QED) is 0.462. The predicted molar refractivity (Wildman–Crippen MR) is 113 cm³/mol. The summed E-state index contributed by atoms with van der Waals surface area (Å²) in [5, 5.41) is 26.0. The van der Waals surface area contributed by atoms with Crippen molar-refractivity contribution in [1.82, 2.24) is 15.0 Å². The van der Waals surface area contributed by atoms with Crippen molar-refractivity contribution in [3.63, 3.8) is 0 Å². The highest BCUT2D eigenvalue weighted by molar-refractivity contribution is 5.73. The lowest BCUT2D eigenvalue weighted by atomic mass is 10.2. The maximum atomic E-state index is 10.3. The Morgan fingerprint density at radius 2 is 1.54 bits per heavy atom. The van der Waals surface area contributed by atoms with Crippen LogP contribution in [-0.2, 0) is 6.54 Å². The molecule has 0 unspecified atom stereocenters. The monoisotopic (exact) mass is 373 g/mol. The van der Waals surface area contributed by atoms with E-state index in [1.807, 2.05) is 48.5 Å². The summed E-state index contributed by atoms with van der Waals surface area (Å²) in [5.41, 5.74) is 5.31. The molecule has 0 bridgehead atoms. The van der Waals surface area contributed by atoms with E-state index in [1.54, 1.807) is 6.07 Å². The van der Waals surface area contributed by atoms with E-state index >= 15 is 0 Å². The Morgan fingerprint density at radius 3 is 2.18 bits per heavy atom. The summed E-state index contributed by atoms with van der Waals surface area (Å²) in [6, 6.07) is 21.7. The molecule has 0 radical (unpaired) electrons. The van der Waals surface area contributed by atoms with Crippen LogP contribution in [0.4, 0.5) is 11.4 Å². The number of benzene rings is 3. The van der Waals surface area contributed by atoms with Gasteiger partial charge in [-0.15, -0.1) is 15.0 Å². The number of rotatable bonds is 6. The molecule has 0 aliphatic rings. The van der Waals surface area contributed by atoms with Crippen molar-refractivity contribution in [2.75, 3.05) is 10.6 Å². The summed E-state index contributed by atoms with van der Waals surface area (Å²) in [4.78, 5) is 1.48. The molecule has 142 valence electrons. The van der Waals surface area contributed by atoms with Gasteiger partial charge in [0.2, 0.25) is 0 Å². The third-order valence-electron chi connectivity index (χ3n) is 4.38. The minimum Gasteiger partial charge on any atom is -0.506 e. The molecule has 0 saturated carbocycles. The Morgan fingerprint density at radius 1 is 0.893 bits per heavy atom. The Labute approximate surface area is 163 Å². The topological polar surface area (TPSA) is 75.0 Å². The molecule has 0 aliphatic carbocycles. The lowest BCUT2D eigenvalue weighted by molar-refractivity contribution is 0.467. The van der Waals surface area contributed by atoms with Crippen molar-refractivity contribution in [3.8, 4) is 11.4 Å². The smallest absolute Gasteiger partial charge is 0.143 e. The highest BCUT2D eigenvalue weighted by Crippen LogP contribution is 2.24. The summed E-state index contributed by atoms with van der Waals surface area (Å²) in [5.74, 6) is 0.146. The van der Waals surface area contributed by atoms with Crippen LogP contribution in [0.25, 0.3) is 16.7 Å². The Bertz CT molecular complexity index is 1050. The molecule has 0 aliphatic heterocycles. The molecule has 0 amide bonds. The normalized spacial score (nSPS) is 11.1. The average Bonchev–Trinajstić information content (AvgIpc) is 3.12. The SMILES string of the molecule is CC(C)Nc1ccc(NCc2ccc(O)c(-n3nc4ccccc4n3)c2)cc1. The summed E-state index contributed by atoms with van der Waals surface area (Å²) < 4.78 is 0. The Kier molecular flexibility index (Phi) is 4.85. The molecule has 0 atom stereocenters. The number of nitrogens with one attached hydrogen (secondary N) is 2. The molecule has 0 saturated heterocycles. The zero-order chi connectivity index (χ0) is 19.5. The van der Waals surface area contributed by atoms with Crippen LogP contribution >= 0.6 is 0 Å². The molecule has 28 heavy (non-hydrogen) atoms. The van der Waals surface area contributed by atoms with Crippen molar-refractivity contribution in [2.45, 2.75) is 26.4 Å². The first-order chi connectivity index (χ1) is 13.6. The third-order valence-corrected chi connectivity index (χ3v) is 4.38. The molecule has 3 aromatic carbocycles. The maximum absolute atomic E-state index is 10.3. The standard InChI is InChI=1S/C22H23N5O/c1-15(2)24-18-10-8-17(9-11-18)23-14-16-7-12-22(28)21(13-16)27-25-19-5-3-4-6-20(19)26-27/h3-13,15,23-24,28H,14H2,1-2H3. The first-order valence-electron chi connectivity index (χ1n) is 9.33. The first-order valence-corrected chi connectivity index (χ1v) is 9.33. The van der Waals surface area contributed by atoms with Gasteiger partial charge in [0.25, 0.3) is 0 Å². The molecule has 6 heteroatoms. The fourth-order valence-electron chi connectivity index (χ4n) is 3.03. The van der Waals surface area contributed by atoms with Crippen molar-refractivity contribution < 1.29 is 5.11 Å². The number of phenolic OH excluding ortho intramolecular Hbond substituents is 1. The van der Waals surface area contributed by atoms with E-state index in [0.29, 0.717) is 18.3 Å². The number of phenols is 1.